The van der Waals surface area contributed by atoms with E-state index in [2.05, 4.69) is 21.2 Å². The molecule has 8 nitrogen and oxygen atoms in total. The van der Waals surface area contributed by atoms with Gasteiger partial charge in [-0.15, -0.1) is 0 Å². The summed E-state index contributed by atoms with van der Waals surface area (Å²) in [6.07, 6.45) is 2.93. The molecule has 2 N–H and O–H groups in total. The van der Waals surface area contributed by atoms with Crippen LogP contribution in [0.2, 0.25) is 0 Å². The van der Waals surface area contributed by atoms with Crippen LogP contribution in [-0.2, 0) is 20.9 Å². The largest absolute Gasteiger partial charge is 0.480 e. The number of benzene rings is 2. The minimum atomic E-state index is -1.02. The number of nitrogens with one attached hydrogen (secondary N) is 1. The van der Waals surface area contributed by atoms with Gasteiger partial charge in [-0.25, -0.2) is 9.69 Å². The topological polar surface area (TPSA) is 109 Å². The van der Waals surface area contributed by atoms with Crippen molar-refractivity contribution in [3.05, 3.63) is 70.3 Å². The van der Waals surface area contributed by atoms with Crippen molar-refractivity contribution >= 4 is 62.4 Å². The summed E-state index contributed by atoms with van der Waals surface area (Å²) in [5.74, 6) is -2.59. The first-order chi connectivity index (χ1) is 14.3. The molecule has 30 heavy (non-hydrogen) atoms. The number of fused-ring (bicyclic) bond motifs is 1. The summed E-state index contributed by atoms with van der Waals surface area (Å²) in [5, 5.41) is 12.0. The van der Waals surface area contributed by atoms with Crippen LogP contribution in [0, 0.1) is 0 Å². The van der Waals surface area contributed by atoms with Crippen molar-refractivity contribution < 1.29 is 24.3 Å². The molecule has 2 aromatic carbocycles. The molecule has 0 unspecified atom stereocenters. The molecule has 150 valence electrons. The first-order valence-electron chi connectivity index (χ1n) is 8.82. The van der Waals surface area contributed by atoms with Crippen LogP contribution in [-0.4, -0.2) is 33.5 Å². The monoisotopic (exact) mass is 467 g/mol. The average molecular weight is 468 g/mol. The van der Waals surface area contributed by atoms with Gasteiger partial charge >= 0.3 is 12.0 Å². The van der Waals surface area contributed by atoms with E-state index in [0.29, 0.717) is 22.2 Å². The van der Waals surface area contributed by atoms with Gasteiger partial charge in [-0.1, -0.05) is 34.1 Å². The van der Waals surface area contributed by atoms with Gasteiger partial charge in [0, 0.05) is 27.1 Å². The summed E-state index contributed by atoms with van der Waals surface area (Å²) in [6, 6.07) is 12.7. The lowest BCUT2D eigenvalue weighted by molar-refractivity contribution is -0.137. The highest BCUT2D eigenvalue weighted by Gasteiger charge is 2.37. The molecule has 1 aliphatic heterocycles. The van der Waals surface area contributed by atoms with Gasteiger partial charge in [0.05, 0.1) is 5.69 Å². The Kier molecular flexibility index (Phi) is 4.96. The molecule has 3 aromatic rings. The lowest BCUT2D eigenvalue weighted by Gasteiger charge is -2.26. The number of carbonyl (C=O) groups excluding carboxylic acids is 3. The van der Waals surface area contributed by atoms with Crippen LogP contribution in [0.1, 0.15) is 5.56 Å². The number of rotatable bonds is 4. The quantitative estimate of drug-likeness (QED) is 0.452. The first-order valence-corrected chi connectivity index (χ1v) is 9.61. The molecule has 0 atom stereocenters. The molecular formula is C21H14BrN3O5. The van der Waals surface area contributed by atoms with Crippen LogP contribution in [0.3, 0.4) is 0 Å². The fraction of sp³-hybridized carbons (Fsp3) is 0.0476. The number of amides is 4. The van der Waals surface area contributed by atoms with E-state index in [4.69, 9.17) is 5.11 Å². The van der Waals surface area contributed by atoms with Crippen molar-refractivity contribution in [2.45, 2.75) is 6.54 Å². The minimum absolute atomic E-state index is 0.226. The Morgan fingerprint density at radius 2 is 1.77 bits per heavy atom. The molecule has 1 aliphatic rings. The molecule has 1 saturated heterocycles. The smallest absolute Gasteiger partial charge is 0.335 e. The molecule has 0 bridgehead atoms. The zero-order chi connectivity index (χ0) is 21.4. The molecule has 4 rings (SSSR count). The maximum Gasteiger partial charge on any atom is 0.335 e. The number of carboxylic acid groups (broad SMARTS) is 1. The van der Waals surface area contributed by atoms with Crippen LogP contribution in [0.5, 0.6) is 0 Å². The third-order valence-corrected chi connectivity index (χ3v) is 5.14. The summed E-state index contributed by atoms with van der Waals surface area (Å²) < 4.78 is 2.29. The number of aliphatic carboxylic acids is 1. The Balaban J connectivity index is 1.80. The highest BCUT2D eigenvalue weighted by atomic mass is 79.9. The van der Waals surface area contributed by atoms with Gasteiger partial charge in [-0.2, -0.15) is 0 Å². The molecule has 2 heterocycles. The molecule has 1 fully saturated rings. The fourth-order valence-electron chi connectivity index (χ4n) is 3.30. The second-order valence-electron chi connectivity index (χ2n) is 6.56. The Morgan fingerprint density at radius 3 is 2.47 bits per heavy atom. The number of urea groups is 1. The molecule has 0 aliphatic carbocycles. The second kappa shape index (κ2) is 7.60. The zero-order valence-electron chi connectivity index (χ0n) is 15.3. The van der Waals surface area contributed by atoms with E-state index < -0.39 is 23.8 Å². The number of aromatic nitrogens is 1. The number of imide groups is 2. The molecule has 4 amide bonds. The van der Waals surface area contributed by atoms with E-state index >= 15 is 0 Å². The lowest BCUT2D eigenvalue weighted by atomic mass is 10.1. The Morgan fingerprint density at radius 1 is 1.07 bits per heavy atom. The number of carboxylic acids is 1. The Bertz CT molecular complexity index is 1240. The fourth-order valence-corrected chi connectivity index (χ4v) is 3.57. The second-order valence-corrected chi connectivity index (χ2v) is 7.47. The van der Waals surface area contributed by atoms with Crippen molar-refractivity contribution in [1.82, 2.24) is 9.88 Å². The van der Waals surface area contributed by atoms with Gasteiger partial charge in [-0.05, 0) is 36.4 Å². The number of halogens is 1. The summed E-state index contributed by atoms with van der Waals surface area (Å²) in [4.78, 5) is 49.8. The van der Waals surface area contributed by atoms with E-state index in [0.717, 1.165) is 9.37 Å². The number of barbiturate groups is 1. The standard InChI is InChI=1S/C21H14BrN3O5/c22-13-5-7-14(8-6-13)25-20(29)16(19(28)23-21(25)30)9-12-10-24(11-18(26)27)17-4-2-1-3-15(12)17/h1-10H,11H2,(H,26,27)(H,23,28,30)/b16-9-. The zero-order valence-corrected chi connectivity index (χ0v) is 16.9. The van der Waals surface area contributed by atoms with Crippen LogP contribution in [0.15, 0.2) is 64.8 Å². The number of nitrogens with zero attached hydrogens (tertiary/aromatic N) is 2. The number of hydrogen-bond donors (Lipinski definition) is 2. The molecular weight excluding hydrogens is 454 g/mol. The number of carbonyl (C=O) groups is 4. The van der Waals surface area contributed by atoms with Gasteiger partial charge < -0.3 is 9.67 Å². The minimum Gasteiger partial charge on any atom is -0.480 e. The van der Waals surface area contributed by atoms with Crippen molar-refractivity contribution in [2.24, 2.45) is 0 Å². The van der Waals surface area contributed by atoms with Gasteiger partial charge in [0.1, 0.15) is 12.1 Å². The summed E-state index contributed by atoms with van der Waals surface area (Å²) in [6.45, 7) is -0.271. The van der Waals surface area contributed by atoms with E-state index in [1.165, 1.54) is 10.6 Å². The predicted octanol–water partition coefficient (Wildman–Crippen LogP) is 3.15. The van der Waals surface area contributed by atoms with E-state index in [-0.39, 0.29) is 12.1 Å². The highest BCUT2D eigenvalue weighted by Crippen LogP contribution is 2.27. The summed E-state index contributed by atoms with van der Waals surface area (Å²) in [7, 11) is 0. The normalized spacial score (nSPS) is 15.7. The van der Waals surface area contributed by atoms with Crippen LogP contribution < -0.4 is 10.2 Å². The maximum atomic E-state index is 13.0. The highest BCUT2D eigenvalue weighted by molar-refractivity contribution is 9.10. The lowest BCUT2D eigenvalue weighted by Crippen LogP contribution is -2.54. The van der Waals surface area contributed by atoms with Crippen molar-refractivity contribution in [1.29, 1.82) is 0 Å². The number of hydrogen-bond acceptors (Lipinski definition) is 4. The van der Waals surface area contributed by atoms with Crippen LogP contribution in [0.4, 0.5) is 10.5 Å². The van der Waals surface area contributed by atoms with Crippen LogP contribution in [0.25, 0.3) is 17.0 Å². The van der Waals surface area contributed by atoms with E-state index in [1.807, 2.05) is 0 Å². The van der Waals surface area contributed by atoms with Gasteiger partial charge in [0.2, 0.25) is 0 Å². The molecule has 1 aromatic heterocycles. The van der Waals surface area contributed by atoms with Crippen molar-refractivity contribution in [3.63, 3.8) is 0 Å². The van der Waals surface area contributed by atoms with Gasteiger partial charge in [0.25, 0.3) is 11.8 Å². The average Bonchev–Trinajstić information content (AvgIpc) is 3.03. The first kappa shape index (κ1) is 19.6. The third kappa shape index (κ3) is 3.50. The number of anilines is 1. The molecule has 0 spiro atoms. The Labute approximate surface area is 178 Å². The van der Waals surface area contributed by atoms with Gasteiger partial charge in [0.15, 0.2) is 0 Å². The summed E-state index contributed by atoms with van der Waals surface area (Å²) in [5.41, 5.74) is 1.23. The van der Waals surface area contributed by atoms with Crippen molar-refractivity contribution in [2.75, 3.05) is 4.90 Å². The van der Waals surface area contributed by atoms with Crippen molar-refractivity contribution in [3.8, 4) is 0 Å². The molecule has 9 heteroatoms. The maximum absolute atomic E-state index is 13.0. The van der Waals surface area contributed by atoms with Crippen LogP contribution >= 0.6 is 15.9 Å². The summed E-state index contributed by atoms with van der Waals surface area (Å²) >= 11 is 3.29. The van der Waals surface area contributed by atoms with E-state index in [1.54, 1.807) is 54.7 Å². The van der Waals surface area contributed by atoms with E-state index in [9.17, 15) is 19.2 Å². The number of para-hydroxylation sites is 1. The third-order valence-electron chi connectivity index (χ3n) is 4.61. The Hall–Kier alpha value is -3.72. The van der Waals surface area contributed by atoms with Gasteiger partial charge in [-0.3, -0.25) is 19.7 Å². The SMILES string of the molecule is O=C(O)Cn1cc(/C=C2/C(=O)NC(=O)N(c3ccc(Br)cc3)C2=O)c2ccccc21. The predicted molar refractivity (Wildman–Crippen MR) is 113 cm³/mol. The molecule has 0 radical (unpaired) electrons. The molecule has 0 saturated carbocycles.